The van der Waals surface area contributed by atoms with Gasteiger partial charge in [-0.1, -0.05) is 12.1 Å². The summed E-state index contributed by atoms with van der Waals surface area (Å²) in [6, 6.07) is 14.5. The fourth-order valence-electron chi connectivity index (χ4n) is 4.49. The summed E-state index contributed by atoms with van der Waals surface area (Å²) >= 11 is 0. The van der Waals surface area contributed by atoms with Crippen LogP contribution in [0, 0.1) is 0 Å². The van der Waals surface area contributed by atoms with E-state index in [1.807, 2.05) is 0 Å². The second-order valence-electron chi connectivity index (χ2n) is 8.09. The molecule has 2 N–H and O–H groups in total. The number of methoxy groups -OCH3 is 1. The van der Waals surface area contributed by atoms with Gasteiger partial charge in [0.05, 0.1) is 13.7 Å². The van der Waals surface area contributed by atoms with Crippen molar-refractivity contribution in [3.05, 3.63) is 76.9 Å². The average molecular weight is 462 g/mol. The van der Waals surface area contributed by atoms with Crippen LogP contribution in [0.4, 0.5) is 0 Å². The quantitative estimate of drug-likeness (QED) is 0.410. The summed E-state index contributed by atoms with van der Waals surface area (Å²) in [6.07, 6.45) is 1.50. The molecular weight excluding hydrogens is 440 g/mol. The molecule has 0 aromatic heterocycles. The number of carbonyl (C=O) groups is 2. The first-order chi connectivity index (χ1) is 16.4. The van der Waals surface area contributed by atoms with Crippen LogP contribution in [0.2, 0.25) is 0 Å². The molecule has 0 fully saturated rings. The number of phenols is 2. The van der Waals surface area contributed by atoms with E-state index in [1.54, 1.807) is 30.3 Å². The van der Waals surface area contributed by atoms with Gasteiger partial charge in [0.15, 0.2) is 5.60 Å². The molecule has 2 aliphatic heterocycles. The number of rotatable bonds is 6. The number of fused-ring (bicyclic) bond motifs is 6. The van der Waals surface area contributed by atoms with E-state index in [0.717, 1.165) is 0 Å². The molecule has 8 heteroatoms. The Morgan fingerprint density at radius 2 is 1.62 bits per heavy atom. The van der Waals surface area contributed by atoms with Crippen LogP contribution in [-0.4, -0.2) is 35.9 Å². The Bertz CT molecular complexity index is 1240. The van der Waals surface area contributed by atoms with Gasteiger partial charge < -0.3 is 29.2 Å². The Balaban J connectivity index is 1.56. The van der Waals surface area contributed by atoms with Gasteiger partial charge in [-0.3, -0.25) is 4.79 Å². The molecule has 8 nitrogen and oxygen atoms in total. The highest BCUT2D eigenvalue weighted by Crippen LogP contribution is 2.57. The van der Waals surface area contributed by atoms with Gasteiger partial charge in [0, 0.05) is 35.2 Å². The standard InChI is InChI=1S/C26H22O8/c1-31-23(29)7-2-3-12-32-20-6-4-5-19-24(20)25(30)34-26(19)17-10-8-15(27)13-21(17)33-22-14-16(28)9-11-18(22)26/h4-6,8-11,13-14,27-28H,2-3,7,12H2,1H3. The third-order valence-corrected chi connectivity index (χ3v) is 6.02. The molecule has 3 aromatic carbocycles. The minimum atomic E-state index is -1.33. The molecule has 3 aromatic rings. The van der Waals surface area contributed by atoms with E-state index in [-0.39, 0.29) is 17.5 Å². The normalized spacial score (nSPS) is 14.4. The Morgan fingerprint density at radius 1 is 0.941 bits per heavy atom. The predicted molar refractivity (Wildman–Crippen MR) is 119 cm³/mol. The first kappa shape index (κ1) is 21.6. The number of aromatic hydroxyl groups is 2. The number of hydrogen-bond acceptors (Lipinski definition) is 8. The number of unbranched alkanes of at least 4 members (excludes halogenated alkanes) is 1. The largest absolute Gasteiger partial charge is 0.508 e. The van der Waals surface area contributed by atoms with Crippen molar-refractivity contribution in [1.82, 2.24) is 0 Å². The molecule has 0 amide bonds. The summed E-state index contributed by atoms with van der Waals surface area (Å²) in [5, 5.41) is 20.0. The first-order valence-corrected chi connectivity index (χ1v) is 10.9. The molecule has 174 valence electrons. The molecule has 2 aliphatic rings. The second kappa shape index (κ2) is 8.30. The molecule has 0 aliphatic carbocycles. The third kappa shape index (κ3) is 3.39. The van der Waals surface area contributed by atoms with E-state index in [4.69, 9.17) is 14.2 Å². The zero-order valence-corrected chi connectivity index (χ0v) is 18.4. The van der Waals surface area contributed by atoms with Crippen molar-refractivity contribution >= 4 is 11.9 Å². The lowest BCUT2D eigenvalue weighted by Gasteiger charge is -2.36. The number of esters is 2. The van der Waals surface area contributed by atoms with Gasteiger partial charge in [0.1, 0.15) is 34.3 Å². The topological polar surface area (TPSA) is 112 Å². The zero-order valence-electron chi connectivity index (χ0n) is 18.4. The molecule has 1 spiro atoms. The Labute approximate surface area is 195 Å². The monoisotopic (exact) mass is 462 g/mol. The predicted octanol–water partition coefficient (Wildman–Crippen LogP) is 4.39. The molecule has 0 atom stereocenters. The number of benzene rings is 3. The van der Waals surface area contributed by atoms with Crippen molar-refractivity contribution in [1.29, 1.82) is 0 Å². The van der Waals surface area contributed by atoms with Gasteiger partial charge in [-0.05, 0) is 43.2 Å². The SMILES string of the molecule is COC(=O)CCCCOc1cccc2c1C(=O)OC21c2ccc(O)cc2Oc2cc(O)ccc21. The van der Waals surface area contributed by atoms with E-state index >= 15 is 0 Å². The van der Waals surface area contributed by atoms with Crippen molar-refractivity contribution in [3.63, 3.8) is 0 Å². The number of carbonyl (C=O) groups excluding carboxylic acids is 2. The van der Waals surface area contributed by atoms with Crippen molar-refractivity contribution in [3.8, 4) is 28.7 Å². The van der Waals surface area contributed by atoms with Gasteiger partial charge >= 0.3 is 11.9 Å². The van der Waals surface area contributed by atoms with Crippen molar-refractivity contribution < 1.29 is 38.7 Å². The fraction of sp³-hybridized carbons (Fsp3) is 0.231. The van der Waals surface area contributed by atoms with Crippen LogP contribution in [0.25, 0.3) is 0 Å². The van der Waals surface area contributed by atoms with E-state index in [2.05, 4.69) is 4.74 Å². The number of ether oxygens (including phenoxy) is 4. The minimum Gasteiger partial charge on any atom is -0.508 e. The molecule has 5 rings (SSSR count). The third-order valence-electron chi connectivity index (χ3n) is 6.02. The highest BCUT2D eigenvalue weighted by atomic mass is 16.6. The molecule has 2 heterocycles. The second-order valence-corrected chi connectivity index (χ2v) is 8.09. The van der Waals surface area contributed by atoms with Crippen LogP contribution < -0.4 is 9.47 Å². The van der Waals surface area contributed by atoms with E-state index in [9.17, 15) is 19.8 Å². The summed E-state index contributed by atoms with van der Waals surface area (Å²) in [4.78, 5) is 24.5. The zero-order chi connectivity index (χ0) is 23.9. The van der Waals surface area contributed by atoms with E-state index < -0.39 is 11.6 Å². The maximum absolute atomic E-state index is 13.2. The summed E-state index contributed by atoms with van der Waals surface area (Å²) in [5.74, 6) is 0.155. The van der Waals surface area contributed by atoms with E-state index in [0.29, 0.717) is 65.4 Å². The molecule has 0 bridgehead atoms. The minimum absolute atomic E-state index is 0.00825. The maximum atomic E-state index is 13.2. The highest BCUT2D eigenvalue weighted by molar-refractivity contribution is 5.99. The summed E-state index contributed by atoms with van der Waals surface area (Å²) in [6.45, 7) is 0.311. The number of phenolic OH excluding ortho intramolecular Hbond substituents is 2. The van der Waals surface area contributed by atoms with E-state index in [1.165, 1.54) is 31.4 Å². The summed E-state index contributed by atoms with van der Waals surface area (Å²) < 4.78 is 22.6. The van der Waals surface area contributed by atoms with Crippen LogP contribution in [0.15, 0.2) is 54.6 Å². The van der Waals surface area contributed by atoms with Gasteiger partial charge in [-0.15, -0.1) is 0 Å². The van der Waals surface area contributed by atoms with Gasteiger partial charge in [-0.25, -0.2) is 4.79 Å². The molecule has 34 heavy (non-hydrogen) atoms. The first-order valence-electron chi connectivity index (χ1n) is 10.9. The lowest BCUT2D eigenvalue weighted by Crippen LogP contribution is -2.32. The lowest BCUT2D eigenvalue weighted by molar-refractivity contribution is -0.140. The molecule has 0 saturated heterocycles. The molecule has 0 radical (unpaired) electrons. The lowest BCUT2D eigenvalue weighted by atomic mass is 9.77. The van der Waals surface area contributed by atoms with Crippen LogP contribution in [0.3, 0.4) is 0 Å². The Morgan fingerprint density at radius 3 is 2.26 bits per heavy atom. The summed E-state index contributed by atoms with van der Waals surface area (Å²) in [5.41, 5.74) is 0.639. The van der Waals surface area contributed by atoms with Crippen molar-refractivity contribution in [2.45, 2.75) is 24.9 Å². The fourth-order valence-corrected chi connectivity index (χ4v) is 4.49. The van der Waals surface area contributed by atoms with Crippen LogP contribution in [-0.2, 0) is 19.9 Å². The van der Waals surface area contributed by atoms with Crippen LogP contribution in [0.5, 0.6) is 28.7 Å². The maximum Gasteiger partial charge on any atom is 0.343 e. The van der Waals surface area contributed by atoms with Crippen LogP contribution >= 0.6 is 0 Å². The van der Waals surface area contributed by atoms with Crippen LogP contribution in [0.1, 0.15) is 46.3 Å². The van der Waals surface area contributed by atoms with Crippen molar-refractivity contribution in [2.24, 2.45) is 0 Å². The van der Waals surface area contributed by atoms with Gasteiger partial charge in [0.25, 0.3) is 0 Å². The number of hydrogen-bond donors (Lipinski definition) is 2. The Kier molecular flexibility index (Phi) is 5.28. The molecular formula is C26H22O8. The summed E-state index contributed by atoms with van der Waals surface area (Å²) in [7, 11) is 1.35. The highest BCUT2D eigenvalue weighted by Gasteiger charge is 2.54. The van der Waals surface area contributed by atoms with Crippen molar-refractivity contribution in [2.75, 3.05) is 13.7 Å². The molecule has 0 unspecified atom stereocenters. The Hall–Kier alpha value is -4.20. The van der Waals surface area contributed by atoms with Gasteiger partial charge in [-0.2, -0.15) is 0 Å². The average Bonchev–Trinajstić information content (AvgIpc) is 3.11. The molecule has 0 saturated carbocycles. The van der Waals surface area contributed by atoms with Gasteiger partial charge in [0.2, 0.25) is 0 Å². The smallest absolute Gasteiger partial charge is 0.343 e.